The molecule has 0 heterocycles. The first-order chi connectivity index (χ1) is 26.4. The van der Waals surface area contributed by atoms with E-state index in [1.807, 2.05) is 0 Å². The summed E-state index contributed by atoms with van der Waals surface area (Å²) >= 11 is -0.826. The minimum atomic E-state index is -0.826. The van der Waals surface area contributed by atoms with Crippen LogP contribution in [0, 0.1) is 13.8 Å². The Kier molecular flexibility index (Phi) is 19.1. The molecule has 0 bridgehead atoms. The Morgan fingerprint density at radius 2 is 0.714 bits per heavy atom. The molecule has 0 saturated heterocycles. The van der Waals surface area contributed by atoms with Crippen LogP contribution in [0.25, 0.3) is 43.8 Å². The molecule has 0 aromatic heterocycles. The fourth-order valence-corrected chi connectivity index (χ4v) is 7.48. The van der Waals surface area contributed by atoms with Crippen LogP contribution in [0.15, 0.2) is 84.9 Å². The van der Waals surface area contributed by atoms with Gasteiger partial charge in [-0.05, 0) is 68.9 Å². The van der Waals surface area contributed by atoms with Crippen molar-refractivity contribution in [2.75, 3.05) is 0 Å². The summed E-state index contributed by atoms with van der Waals surface area (Å²) < 4.78 is 0. The molecule has 0 unspecified atom stereocenters. The zero-order chi connectivity index (χ0) is 42.0. The number of halogens is 2. The molecule has 0 saturated carbocycles. The zero-order valence-corrected chi connectivity index (χ0v) is 42.3. The summed E-state index contributed by atoms with van der Waals surface area (Å²) in [6, 6.07) is 33.0. The van der Waals surface area contributed by atoms with E-state index in [9.17, 15) is 0 Å². The van der Waals surface area contributed by atoms with Crippen LogP contribution >= 0.6 is 17.0 Å². The van der Waals surface area contributed by atoms with E-state index in [-0.39, 0.29) is 0 Å². The third-order valence-electron chi connectivity index (χ3n) is 10.6. The number of aryl methyl sites for hydroxylation is 2. The SMILES string of the molecule is C[Si]C.Cc1cc2c(-c3cc(C(C)C)cc(C(C)C)c3)c(C(C)C)ccc2[cH-]1.Cc1cc2c(-c3cc(C(C)C)cc(C(C)C)c3)c(C(C)C)ccc2[cH-]1.[Cl][Zr+2][Cl]. The Balaban J connectivity index is 0.000000264. The van der Waals surface area contributed by atoms with Gasteiger partial charge in [0.25, 0.3) is 0 Å². The Hall–Kier alpha value is -2.22. The van der Waals surface area contributed by atoms with Crippen molar-refractivity contribution >= 4 is 48.1 Å². The standard InChI is InChI=1S/2C25H31.C2H6Si.2ClH.Zr/c2*1-15(2)20-12-21(16(3)4)14-22(13-20)25-23(17(5)6)9-8-19-10-18(7)11-24(19)25;1-3-2;;;/h2*8-17H,1-7H3;1-2H3;2*1H;/q2*-1;;;;+4/p-2. The van der Waals surface area contributed by atoms with E-state index in [0.717, 1.165) is 9.52 Å². The van der Waals surface area contributed by atoms with Crippen molar-refractivity contribution < 1.29 is 20.8 Å². The van der Waals surface area contributed by atoms with Gasteiger partial charge in [-0.15, -0.1) is 69.1 Å². The topological polar surface area (TPSA) is 0 Å². The maximum atomic E-state index is 4.93. The third-order valence-corrected chi connectivity index (χ3v) is 10.6. The molecule has 298 valence electrons. The minimum absolute atomic E-state index is 0.514. The average Bonchev–Trinajstić information content (AvgIpc) is 3.71. The van der Waals surface area contributed by atoms with E-state index in [2.05, 4.69) is 195 Å². The average molecular weight is 883 g/mol. The third kappa shape index (κ3) is 12.4. The van der Waals surface area contributed by atoms with Gasteiger partial charge in [0.05, 0.1) is 0 Å². The van der Waals surface area contributed by atoms with Gasteiger partial charge < -0.3 is 0 Å². The van der Waals surface area contributed by atoms with Gasteiger partial charge in [-0.25, -0.2) is 0 Å². The number of benzene rings is 4. The van der Waals surface area contributed by atoms with Crippen LogP contribution in [0.5, 0.6) is 0 Å². The summed E-state index contributed by atoms with van der Waals surface area (Å²) in [7, 11) is 11.0. The summed E-state index contributed by atoms with van der Waals surface area (Å²) in [4.78, 5) is 0. The molecule has 6 aromatic carbocycles. The summed E-state index contributed by atoms with van der Waals surface area (Å²) in [6.45, 7) is 36.2. The van der Waals surface area contributed by atoms with Gasteiger partial charge in [0.1, 0.15) is 0 Å². The Morgan fingerprint density at radius 3 is 0.946 bits per heavy atom. The van der Waals surface area contributed by atoms with Crippen molar-refractivity contribution in [1.29, 1.82) is 0 Å². The second-order valence-electron chi connectivity index (χ2n) is 17.4. The van der Waals surface area contributed by atoms with Crippen LogP contribution in [-0.2, 0) is 20.8 Å². The number of fused-ring (bicyclic) bond motifs is 2. The molecule has 0 spiro atoms. The molecule has 56 heavy (non-hydrogen) atoms. The fraction of sp³-hybridized carbons (Fsp3) is 0.423. The first-order valence-electron chi connectivity index (χ1n) is 20.6. The van der Waals surface area contributed by atoms with Crippen LogP contribution in [0.1, 0.15) is 163 Å². The predicted molar refractivity (Wildman–Crippen MR) is 253 cm³/mol. The van der Waals surface area contributed by atoms with E-state index < -0.39 is 20.8 Å². The zero-order valence-electron chi connectivity index (χ0n) is 37.3. The van der Waals surface area contributed by atoms with Crippen LogP contribution in [0.2, 0.25) is 13.1 Å². The van der Waals surface area contributed by atoms with Crippen LogP contribution < -0.4 is 0 Å². The van der Waals surface area contributed by atoms with Gasteiger partial charge in [0.15, 0.2) is 0 Å². The normalized spacial score (nSPS) is 11.3. The molecular weight excluding hydrogens is 815 g/mol. The van der Waals surface area contributed by atoms with Gasteiger partial charge in [0, 0.05) is 9.52 Å². The molecular formula is C52H68Cl2SiZr. The number of hydrogen-bond acceptors (Lipinski definition) is 0. The Labute approximate surface area is 363 Å². The fourth-order valence-electron chi connectivity index (χ4n) is 7.48. The molecule has 0 aliphatic heterocycles. The molecule has 0 fully saturated rings. The van der Waals surface area contributed by atoms with Crippen molar-refractivity contribution in [1.82, 2.24) is 0 Å². The molecule has 0 atom stereocenters. The van der Waals surface area contributed by atoms with Crippen LogP contribution in [0.4, 0.5) is 0 Å². The first-order valence-corrected chi connectivity index (χ1v) is 29.0. The van der Waals surface area contributed by atoms with Crippen molar-refractivity contribution in [2.45, 2.75) is 146 Å². The van der Waals surface area contributed by atoms with E-state index in [4.69, 9.17) is 17.0 Å². The quantitative estimate of drug-likeness (QED) is 0.106. The summed E-state index contributed by atoms with van der Waals surface area (Å²) in [5.41, 5.74) is 17.0. The number of rotatable bonds is 8. The molecule has 6 rings (SSSR count). The predicted octanol–water partition coefficient (Wildman–Crippen LogP) is 18.0. The molecule has 2 radical (unpaired) electrons. The summed E-state index contributed by atoms with van der Waals surface area (Å²) in [5.74, 6) is 3.20. The molecule has 0 nitrogen and oxygen atoms in total. The maximum absolute atomic E-state index is 4.93. The molecule has 4 heteroatoms. The van der Waals surface area contributed by atoms with Crippen molar-refractivity contribution in [3.05, 3.63) is 129 Å². The van der Waals surface area contributed by atoms with Crippen molar-refractivity contribution in [2.24, 2.45) is 0 Å². The Bertz CT molecular complexity index is 1930. The van der Waals surface area contributed by atoms with E-state index >= 15 is 0 Å². The van der Waals surface area contributed by atoms with Gasteiger partial charge in [0.2, 0.25) is 0 Å². The van der Waals surface area contributed by atoms with Crippen LogP contribution in [-0.4, -0.2) is 9.52 Å². The van der Waals surface area contributed by atoms with Gasteiger partial charge in [-0.2, -0.15) is 12.1 Å². The monoisotopic (exact) mass is 880 g/mol. The summed E-state index contributed by atoms with van der Waals surface area (Å²) in [5, 5.41) is 5.52. The van der Waals surface area contributed by atoms with E-state index in [1.165, 1.54) is 88.3 Å². The van der Waals surface area contributed by atoms with Gasteiger partial charge in [-0.1, -0.05) is 169 Å². The van der Waals surface area contributed by atoms with Crippen molar-refractivity contribution in [3.8, 4) is 22.3 Å². The van der Waals surface area contributed by atoms with Crippen molar-refractivity contribution in [3.63, 3.8) is 0 Å². The van der Waals surface area contributed by atoms with Gasteiger partial charge >= 0.3 is 37.9 Å². The molecule has 0 N–H and O–H groups in total. The van der Waals surface area contributed by atoms with E-state index in [0.29, 0.717) is 35.5 Å². The van der Waals surface area contributed by atoms with E-state index in [1.54, 1.807) is 0 Å². The molecule has 0 aliphatic carbocycles. The molecule has 6 aromatic rings. The van der Waals surface area contributed by atoms with Gasteiger partial charge in [-0.3, -0.25) is 0 Å². The molecule has 0 amide bonds. The molecule has 0 aliphatic rings. The number of hydrogen-bond donors (Lipinski definition) is 0. The second kappa shape index (κ2) is 22.2. The Morgan fingerprint density at radius 1 is 0.446 bits per heavy atom. The second-order valence-corrected chi connectivity index (χ2v) is 22.1. The summed E-state index contributed by atoms with van der Waals surface area (Å²) in [6.07, 6.45) is 0. The first kappa shape index (κ1) is 48.2. The van der Waals surface area contributed by atoms with Crippen LogP contribution in [0.3, 0.4) is 0 Å².